The number of rotatable bonds is 9. The summed E-state index contributed by atoms with van der Waals surface area (Å²) in [6.45, 7) is 30.0. The summed E-state index contributed by atoms with van der Waals surface area (Å²) >= 11 is 13.5. The van der Waals surface area contributed by atoms with Crippen LogP contribution < -0.4 is 15.5 Å². The second-order valence-corrected chi connectivity index (χ2v) is 22.2. The SMILES string of the molecule is C#CCC1CN(C(=O)C=C)CCN1c1nc(=O)n(CC(C)(C)C)c2nc(-c3ccccc3F)c(Cl)cc12.C#Cc1nc(C)c(N2C(=C)N=C(N3CC(C)N(C(=O)C=C)CC3C)c3cc(Cl)c(-c4ccccc4F)nc32)c(C(C)C)n1. The number of terminal acetylenes is 2. The van der Waals surface area contributed by atoms with Gasteiger partial charge in [-0.15, -0.1) is 18.8 Å². The van der Waals surface area contributed by atoms with Crippen LogP contribution in [0.15, 0.2) is 108 Å². The molecular weight excluding hydrogens is 1060 g/mol. The van der Waals surface area contributed by atoms with Crippen molar-refractivity contribution in [3.8, 4) is 47.2 Å². The molecule has 0 radical (unpaired) electrons. The van der Waals surface area contributed by atoms with Crippen molar-refractivity contribution in [3.05, 3.63) is 153 Å². The fourth-order valence-corrected chi connectivity index (χ4v) is 10.8. The lowest BCUT2D eigenvalue weighted by Gasteiger charge is -2.46. The molecule has 19 heteroatoms. The summed E-state index contributed by atoms with van der Waals surface area (Å²) in [7, 11) is 0. The number of amidine groups is 1. The zero-order valence-corrected chi connectivity index (χ0v) is 47.6. The third kappa shape index (κ3) is 11.6. The number of hydrogen-bond donors (Lipinski definition) is 0. The van der Waals surface area contributed by atoms with Gasteiger partial charge in [-0.2, -0.15) is 4.98 Å². The number of amides is 2. The van der Waals surface area contributed by atoms with Gasteiger partial charge in [0, 0.05) is 68.9 Å². The van der Waals surface area contributed by atoms with Gasteiger partial charge in [-0.05, 0) is 86.6 Å². The molecule has 3 aliphatic heterocycles. The van der Waals surface area contributed by atoms with Crippen molar-refractivity contribution in [2.45, 2.75) is 92.4 Å². The Morgan fingerprint density at radius 2 is 1.44 bits per heavy atom. The highest BCUT2D eigenvalue weighted by molar-refractivity contribution is 6.34. The zero-order chi connectivity index (χ0) is 58.1. The predicted octanol–water partition coefficient (Wildman–Crippen LogP) is 10.7. The highest BCUT2D eigenvalue weighted by Gasteiger charge is 2.39. The van der Waals surface area contributed by atoms with Gasteiger partial charge in [0.25, 0.3) is 0 Å². The van der Waals surface area contributed by atoms with E-state index in [9.17, 15) is 18.8 Å². The molecule has 0 N–H and O–H groups in total. The van der Waals surface area contributed by atoms with E-state index in [2.05, 4.69) is 51.4 Å². The molecule has 2 saturated heterocycles. The molecule has 4 aromatic heterocycles. The van der Waals surface area contributed by atoms with E-state index >= 15 is 4.39 Å². The molecule has 3 aliphatic rings. The molecule has 7 heterocycles. The lowest BCUT2D eigenvalue weighted by molar-refractivity contribution is -0.130. The molecular formula is C61H62Cl2F2N12O3. The Kier molecular flexibility index (Phi) is 17.1. The van der Waals surface area contributed by atoms with Gasteiger partial charge < -0.3 is 19.6 Å². The van der Waals surface area contributed by atoms with E-state index in [1.54, 1.807) is 63.2 Å². The zero-order valence-electron chi connectivity index (χ0n) is 46.1. The number of halogens is 4. The number of pyridine rings is 2. The Hall–Kier alpha value is -8.25. The molecule has 3 atom stereocenters. The minimum atomic E-state index is -0.476. The molecule has 9 rings (SSSR count). The maximum atomic E-state index is 15.1. The van der Waals surface area contributed by atoms with Crippen LogP contribution in [0.2, 0.25) is 10.0 Å². The van der Waals surface area contributed by atoms with Gasteiger partial charge in [-0.3, -0.25) is 19.1 Å². The Morgan fingerprint density at radius 3 is 2.02 bits per heavy atom. The highest BCUT2D eigenvalue weighted by Crippen LogP contribution is 2.44. The average Bonchev–Trinajstić information content (AvgIpc) is 3.47. The molecule has 412 valence electrons. The first-order valence-electron chi connectivity index (χ1n) is 26.1. The molecule has 80 heavy (non-hydrogen) atoms. The van der Waals surface area contributed by atoms with Crippen LogP contribution in [0.5, 0.6) is 0 Å². The summed E-state index contributed by atoms with van der Waals surface area (Å²) in [5.74, 6) is 6.09. The molecule has 0 saturated carbocycles. The smallest absolute Gasteiger partial charge is 0.349 e. The van der Waals surface area contributed by atoms with Crippen molar-refractivity contribution < 1.29 is 18.4 Å². The minimum Gasteiger partial charge on any atom is -0.349 e. The predicted molar refractivity (Wildman–Crippen MR) is 314 cm³/mol. The summed E-state index contributed by atoms with van der Waals surface area (Å²) in [6, 6.07) is 15.6. The van der Waals surface area contributed by atoms with Crippen molar-refractivity contribution in [3.63, 3.8) is 0 Å². The standard InChI is InChI=1S/C33H33ClFN7O.C28H29ClFN5O2/c1-9-27-36-21(7)31(29(38-27)18(3)4)42-22(8)37-32(41-17-19(5)40(16-20(41)6)28(43)10-2)24-15-25(34)30(39-33(24)42)23-13-11-12-14-26(23)35;1-6-10-18-16-33(23(36)7-2)13-14-34(18)26-20-15-21(29)24(19-11-8-9-12-22(19)30)31-25(20)35(27(37)32-26)17-28(3,4)5/h1,10-15,18-20H,2,8,16-17H2,3-7H3;1,7-9,11-12,15,18H,2,10,13-14,16-17H2,3-5H3. The monoisotopic (exact) mass is 1120 g/mol. The number of hydrogen-bond acceptors (Lipinski definition) is 12. The fourth-order valence-electron chi connectivity index (χ4n) is 10.2. The Bertz CT molecular complexity index is 3670. The van der Waals surface area contributed by atoms with Gasteiger partial charge in [0.2, 0.25) is 17.6 Å². The van der Waals surface area contributed by atoms with Crippen LogP contribution in [-0.2, 0) is 16.1 Å². The molecule has 15 nitrogen and oxygen atoms in total. The normalized spacial score (nSPS) is 17.3. The van der Waals surface area contributed by atoms with Crippen molar-refractivity contribution in [2.24, 2.45) is 10.4 Å². The maximum Gasteiger partial charge on any atom is 0.351 e. The van der Waals surface area contributed by atoms with Gasteiger partial charge in [0.1, 0.15) is 34.8 Å². The number of aliphatic imine (C=N–C) groups is 1. The number of benzene rings is 2. The molecule has 0 aliphatic carbocycles. The molecule has 0 bridgehead atoms. The van der Waals surface area contributed by atoms with Crippen molar-refractivity contribution >= 4 is 69.2 Å². The third-order valence-electron chi connectivity index (χ3n) is 14.0. The summed E-state index contributed by atoms with van der Waals surface area (Å²) in [6.07, 6.45) is 14.3. The van der Waals surface area contributed by atoms with E-state index < -0.39 is 17.3 Å². The minimum absolute atomic E-state index is 0.0277. The number of carbonyl (C=O) groups excluding carboxylic acids is 2. The summed E-state index contributed by atoms with van der Waals surface area (Å²) in [4.78, 5) is 76.0. The third-order valence-corrected chi connectivity index (χ3v) is 14.5. The number of aromatic nitrogens is 6. The summed E-state index contributed by atoms with van der Waals surface area (Å²) in [5, 5.41) is 1.06. The Labute approximate surface area is 475 Å². The lowest BCUT2D eigenvalue weighted by atomic mass is 9.97. The molecule has 2 aromatic carbocycles. The van der Waals surface area contributed by atoms with Crippen LogP contribution in [0.4, 0.5) is 26.1 Å². The van der Waals surface area contributed by atoms with E-state index in [1.165, 1.54) is 28.9 Å². The first-order valence-corrected chi connectivity index (χ1v) is 26.8. The van der Waals surface area contributed by atoms with Crippen LogP contribution in [0.3, 0.4) is 0 Å². The number of nitrogens with zero attached hydrogens (tertiary/aromatic N) is 12. The first-order chi connectivity index (χ1) is 38.0. The van der Waals surface area contributed by atoms with Crippen LogP contribution in [0, 0.1) is 48.7 Å². The highest BCUT2D eigenvalue weighted by atomic mass is 35.5. The van der Waals surface area contributed by atoms with E-state index in [4.69, 9.17) is 51.0 Å². The molecule has 6 aromatic rings. The molecule has 2 fully saturated rings. The molecule has 3 unspecified atom stereocenters. The summed E-state index contributed by atoms with van der Waals surface area (Å²) in [5.41, 5.74) is 3.27. The second kappa shape index (κ2) is 23.6. The maximum absolute atomic E-state index is 15.1. The van der Waals surface area contributed by atoms with Crippen LogP contribution >= 0.6 is 23.2 Å². The van der Waals surface area contributed by atoms with Crippen LogP contribution in [0.1, 0.15) is 83.6 Å². The van der Waals surface area contributed by atoms with E-state index in [0.29, 0.717) is 103 Å². The first kappa shape index (κ1) is 57.9. The van der Waals surface area contributed by atoms with E-state index in [1.807, 2.05) is 60.3 Å². The van der Waals surface area contributed by atoms with Gasteiger partial charge in [0.05, 0.1) is 55.5 Å². The molecule has 0 spiro atoms. The largest absolute Gasteiger partial charge is 0.351 e. The van der Waals surface area contributed by atoms with E-state index in [0.717, 1.165) is 0 Å². The lowest BCUT2D eigenvalue weighted by Crippen LogP contribution is -2.59. The van der Waals surface area contributed by atoms with E-state index in [-0.39, 0.29) is 79.7 Å². The average molecular weight is 1120 g/mol. The number of fused-ring (bicyclic) bond motifs is 2. The van der Waals surface area contributed by atoms with Crippen molar-refractivity contribution in [1.29, 1.82) is 0 Å². The Morgan fingerprint density at radius 1 is 0.812 bits per heavy atom. The topological polar surface area (TPSA) is 149 Å². The number of carbonyl (C=O) groups is 2. The number of aryl methyl sites for hydroxylation is 1. The van der Waals surface area contributed by atoms with Gasteiger partial charge in [-0.25, -0.2) is 38.5 Å². The van der Waals surface area contributed by atoms with Crippen LogP contribution in [-0.4, -0.2) is 113 Å². The Balaban J connectivity index is 0.000000213. The fraction of sp³-hybridized carbons (Fsp3) is 0.328. The van der Waals surface area contributed by atoms with Gasteiger partial charge >= 0.3 is 5.69 Å². The summed E-state index contributed by atoms with van der Waals surface area (Å²) < 4.78 is 31.3. The quantitative estimate of drug-likeness (QED) is 0.101. The van der Waals surface area contributed by atoms with Crippen molar-refractivity contribution in [2.75, 3.05) is 42.5 Å². The number of anilines is 3. The van der Waals surface area contributed by atoms with Gasteiger partial charge in [-0.1, -0.05) is 102 Å². The second-order valence-electron chi connectivity index (χ2n) is 21.3. The van der Waals surface area contributed by atoms with Crippen LogP contribution in [0.25, 0.3) is 33.5 Å². The van der Waals surface area contributed by atoms with Crippen molar-refractivity contribution in [1.82, 2.24) is 44.2 Å². The number of piperazine rings is 2. The van der Waals surface area contributed by atoms with Gasteiger partial charge in [0.15, 0.2) is 5.82 Å². The molecule has 2 amide bonds.